The van der Waals surface area contributed by atoms with E-state index in [9.17, 15) is 0 Å². The Morgan fingerprint density at radius 1 is 1.00 bits per heavy atom. The van der Waals surface area contributed by atoms with Gasteiger partial charge < -0.3 is 9.47 Å². The van der Waals surface area contributed by atoms with Gasteiger partial charge in [-0.3, -0.25) is 4.90 Å². The van der Waals surface area contributed by atoms with Crippen LogP contribution in [0.3, 0.4) is 0 Å². The Balaban J connectivity index is 0.00000320. The van der Waals surface area contributed by atoms with Crippen molar-refractivity contribution in [1.29, 1.82) is 0 Å². The van der Waals surface area contributed by atoms with Gasteiger partial charge in [0.15, 0.2) is 11.5 Å². The second kappa shape index (κ2) is 11.8. The van der Waals surface area contributed by atoms with Crippen molar-refractivity contribution in [2.24, 2.45) is 29.1 Å². The lowest BCUT2D eigenvalue weighted by atomic mass is 9.51. The number of hydrogen-bond acceptors (Lipinski definition) is 3. The van der Waals surface area contributed by atoms with Crippen molar-refractivity contribution in [2.75, 3.05) is 26.8 Å². The molecule has 0 radical (unpaired) electrons. The maximum atomic E-state index is 6.36. The summed E-state index contributed by atoms with van der Waals surface area (Å²) in [7, 11) is 1.76. The summed E-state index contributed by atoms with van der Waals surface area (Å²) in [6, 6.07) is 15.8. The van der Waals surface area contributed by atoms with Crippen molar-refractivity contribution in [3.05, 3.63) is 59.2 Å². The van der Waals surface area contributed by atoms with Gasteiger partial charge in [-0.1, -0.05) is 65.5 Å². The zero-order valence-electron chi connectivity index (χ0n) is 23.3. The SMILES string of the molecule is C.CCN(CC)Cc1ccc(OCC[C@H]2CCC3C4C(CCC32C)c2ccccc2C[C@H]4C)c(OC)c1. The average molecular weight is 506 g/mol. The van der Waals surface area contributed by atoms with E-state index in [1.54, 1.807) is 18.2 Å². The van der Waals surface area contributed by atoms with E-state index >= 15 is 0 Å². The van der Waals surface area contributed by atoms with Gasteiger partial charge in [-0.15, -0.1) is 0 Å². The number of rotatable bonds is 9. The third-order valence-electron chi connectivity index (χ3n) is 10.4. The van der Waals surface area contributed by atoms with Crippen LogP contribution in [0.5, 0.6) is 11.5 Å². The van der Waals surface area contributed by atoms with Gasteiger partial charge in [0.2, 0.25) is 0 Å². The lowest BCUT2D eigenvalue weighted by Crippen LogP contribution is -2.45. The molecule has 0 bridgehead atoms. The molecule has 4 unspecified atom stereocenters. The molecular weight excluding hydrogens is 454 g/mol. The topological polar surface area (TPSA) is 21.7 Å². The lowest BCUT2D eigenvalue weighted by Gasteiger charge is -2.53. The van der Waals surface area contributed by atoms with Crippen LogP contribution in [-0.4, -0.2) is 31.7 Å². The first-order chi connectivity index (χ1) is 17.5. The van der Waals surface area contributed by atoms with Crippen molar-refractivity contribution < 1.29 is 9.47 Å². The number of ether oxygens (including phenoxy) is 2. The molecule has 0 N–H and O–H groups in total. The van der Waals surface area contributed by atoms with Crippen LogP contribution >= 0.6 is 0 Å². The van der Waals surface area contributed by atoms with Gasteiger partial charge in [-0.2, -0.15) is 0 Å². The highest BCUT2D eigenvalue weighted by molar-refractivity contribution is 5.43. The summed E-state index contributed by atoms with van der Waals surface area (Å²) in [6.07, 6.45) is 7.91. The third kappa shape index (κ3) is 5.31. The Morgan fingerprint density at radius 3 is 2.54 bits per heavy atom. The van der Waals surface area contributed by atoms with Crippen LogP contribution in [0.15, 0.2) is 42.5 Å². The minimum atomic E-state index is 0. The molecule has 3 aliphatic rings. The molecule has 6 atom stereocenters. The summed E-state index contributed by atoms with van der Waals surface area (Å²) in [5.41, 5.74) is 5.04. The van der Waals surface area contributed by atoms with Crippen LogP contribution in [0.1, 0.15) is 89.8 Å². The van der Waals surface area contributed by atoms with E-state index in [1.807, 2.05) is 0 Å². The van der Waals surface area contributed by atoms with E-state index in [-0.39, 0.29) is 7.43 Å². The molecule has 0 heterocycles. The number of methoxy groups -OCH3 is 1. The Kier molecular flexibility index (Phi) is 8.94. The van der Waals surface area contributed by atoms with Crippen molar-refractivity contribution in [2.45, 2.75) is 86.1 Å². The van der Waals surface area contributed by atoms with Crippen molar-refractivity contribution >= 4 is 0 Å². The lowest BCUT2D eigenvalue weighted by molar-refractivity contribution is 0.000894. The maximum absolute atomic E-state index is 6.36. The van der Waals surface area contributed by atoms with E-state index in [0.717, 1.165) is 73.8 Å². The first-order valence-corrected chi connectivity index (χ1v) is 14.6. The molecule has 37 heavy (non-hydrogen) atoms. The molecule has 3 aliphatic carbocycles. The molecule has 2 saturated carbocycles. The zero-order valence-corrected chi connectivity index (χ0v) is 23.3. The Bertz CT molecular complexity index is 1030. The predicted molar refractivity (Wildman–Crippen MR) is 156 cm³/mol. The van der Waals surface area contributed by atoms with Gasteiger partial charge in [0.1, 0.15) is 0 Å². The fourth-order valence-electron chi connectivity index (χ4n) is 8.44. The largest absolute Gasteiger partial charge is 0.493 e. The second-order valence-corrected chi connectivity index (χ2v) is 12.1. The van der Waals surface area contributed by atoms with Crippen LogP contribution in [0.2, 0.25) is 0 Å². The first-order valence-electron chi connectivity index (χ1n) is 14.6. The first kappa shape index (κ1) is 28.0. The smallest absolute Gasteiger partial charge is 0.161 e. The van der Waals surface area contributed by atoms with Gasteiger partial charge in [-0.05, 0) is 115 Å². The maximum Gasteiger partial charge on any atom is 0.161 e. The van der Waals surface area contributed by atoms with E-state index < -0.39 is 0 Å². The Labute approximate surface area is 226 Å². The van der Waals surface area contributed by atoms with Gasteiger partial charge in [0.05, 0.1) is 13.7 Å². The minimum Gasteiger partial charge on any atom is -0.493 e. The summed E-state index contributed by atoms with van der Waals surface area (Å²) in [5, 5.41) is 0. The Morgan fingerprint density at radius 2 is 1.78 bits per heavy atom. The molecule has 3 heteroatoms. The van der Waals surface area contributed by atoms with Crippen LogP contribution in [0, 0.1) is 29.1 Å². The van der Waals surface area contributed by atoms with Crippen molar-refractivity contribution in [3.8, 4) is 11.5 Å². The molecule has 3 nitrogen and oxygen atoms in total. The molecule has 204 valence electrons. The molecule has 2 aromatic rings. The molecule has 0 aliphatic heterocycles. The highest BCUT2D eigenvalue weighted by Crippen LogP contribution is 2.64. The fourth-order valence-corrected chi connectivity index (χ4v) is 8.44. The van der Waals surface area contributed by atoms with Crippen LogP contribution in [0.25, 0.3) is 0 Å². The van der Waals surface area contributed by atoms with E-state index in [1.165, 1.54) is 37.7 Å². The molecule has 2 fully saturated rings. The van der Waals surface area contributed by atoms with E-state index in [2.05, 4.69) is 75.1 Å². The predicted octanol–water partition coefficient (Wildman–Crippen LogP) is 8.36. The molecule has 0 saturated heterocycles. The van der Waals surface area contributed by atoms with Crippen LogP contribution < -0.4 is 9.47 Å². The van der Waals surface area contributed by atoms with Crippen molar-refractivity contribution in [1.82, 2.24) is 4.90 Å². The summed E-state index contributed by atoms with van der Waals surface area (Å²) < 4.78 is 12.1. The molecule has 0 spiro atoms. The van der Waals surface area contributed by atoms with E-state index in [0.29, 0.717) is 5.41 Å². The molecule has 2 aromatic carbocycles. The summed E-state index contributed by atoms with van der Waals surface area (Å²) in [5.74, 6) is 5.80. The second-order valence-electron chi connectivity index (χ2n) is 12.1. The summed E-state index contributed by atoms with van der Waals surface area (Å²) >= 11 is 0. The van der Waals surface area contributed by atoms with Gasteiger partial charge in [0, 0.05) is 6.54 Å². The monoisotopic (exact) mass is 505 g/mol. The summed E-state index contributed by atoms with van der Waals surface area (Å²) in [4.78, 5) is 2.42. The minimum absolute atomic E-state index is 0. The number of hydrogen-bond donors (Lipinski definition) is 0. The molecule has 0 aromatic heterocycles. The number of nitrogens with zero attached hydrogens (tertiary/aromatic N) is 1. The van der Waals surface area contributed by atoms with Gasteiger partial charge >= 0.3 is 0 Å². The quantitative estimate of drug-likeness (QED) is 0.342. The highest BCUT2D eigenvalue weighted by atomic mass is 16.5. The fraction of sp³-hybridized carbons (Fsp3) is 0.647. The van der Waals surface area contributed by atoms with Crippen LogP contribution in [-0.2, 0) is 13.0 Å². The average Bonchev–Trinajstić information content (AvgIpc) is 3.23. The normalized spacial score (nSPS) is 30.2. The van der Waals surface area contributed by atoms with Gasteiger partial charge in [0.25, 0.3) is 0 Å². The molecular formula is C34H51NO2. The Hall–Kier alpha value is -2.00. The molecule has 5 rings (SSSR count). The zero-order chi connectivity index (χ0) is 25.3. The van der Waals surface area contributed by atoms with Crippen molar-refractivity contribution in [3.63, 3.8) is 0 Å². The summed E-state index contributed by atoms with van der Waals surface area (Å²) in [6.45, 7) is 13.4. The standard InChI is InChI=1S/C33H47NO2.CH4/c1-6-34(7-2)22-24-12-15-30(31(21-24)35-5)36-19-17-26-13-14-29-32-23(3)20-25-10-8-9-11-27(25)28(32)16-18-33(26,29)4;/h8-12,15,21,23,26,28-29,32H,6-7,13-14,16-20,22H2,1-5H3;1H4/t23-,26-,28?,29?,32?,33?;/m1./s1. The highest BCUT2D eigenvalue weighted by Gasteiger charge is 2.55. The number of fused-ring (bicyclic) bond motifs is 5. The third-order valence-corrected chi connectivity index (χ3v) is 10.4. The van der Waals surface area contributed by atoms with Gasteiger partial charge in [-0.25, -0.2) is 0 Å². The van der Waals surface area contributed by atoms with Crippen LogP contribution in [0.4, 0.5) is 0 Å². The number of benzene rings is 2. The molecule has 0 amide bonds. The van der Waals surface area contributed by atoms with E-state index in [4.69, 9.17) is 9.47 Å².